The molecule has 0 bridgehead atoms. The monoisotopic (exact) mass is 990 g/mol. The average Bonchev–Trinajstić information content (AvgIpc) is 3.31. The lowest BCUT2D eigenvalue weighted by Gasteiger charge is -2.49. The molecule has 0 amide bonds. The molecule has 6 aliphatic rings. The highest BCUT2D eigenvalue weighted by atomic mass is 16.8. The van der Waals surface area contributed by atoms with Crippen molar-refractivity contribution in [2.45, 2.75) is 184 Å². The summed E-state index contributed by atoms with van der Waals surface area (Å²) in [4.78, 5) is 0. The second-order valence-electron chi connectivity index (χ2n) is 16.8. The van der Waals surface area contributed by atoms with Crippen LogP contribution in [-0.4, -0.2) is 326 Å². The van der Waals surface area contributed by atoms with Crippen LogP contribution >= 0.6 is 0 Å². The molecule has 6 fully saturated rings. The summed E-state index contributed by atoms with van der Waals surface area (Å²) in [6, 6.07) is 0. The van der Waals surface area contributed by atoms with Crippen LogP contribution in [0.15, 0.2) is 0 Å². The minimum Gasteiger partial charge on any atom is -0.394 e. The van der Waals surface area contributed by atoms with Crippen LogP contribution < -0.4 is 0 Å². The molecule has 0 saturated carbocycles. The SMILES string of the molecule is OC[C@H]1O[C@H](O[C@@H]2[C@@H](OC[C@H]3O[C@H](OC[C@H]4OC(O)[C@@H](O)[C@@H](O)[C@@H]4O)[C@@H](O)[C@@H](O[C@H]4O[C@H](CO)[C@@H](O)[C@H](O)[C@@H]4O[C@H]4O[C@H](CO)[C@@H](O)[C@H](O)[C@@H]4O)[C@@H]3O)O[C@H](CO)[C@@H](O)[C@@H]2O)[C@@H](O)[C@@H](O)[C@@H]1O. The molecule has 1 unspecified atom stereocenters. The van der Waals surface area contributed by atoms with Gasteiger partial charge in [0.05, 0.1) is 39.6 Å². The van der Waals surface area contributed by atoms with Gasteiger partial charge in [-0.25, -0.2) is 0 Å². The molecule has 31 heteroatoms. The molecule has 0 aromatic rings. The highest BCUT2D eigenvalue weighted by Crippen LogP contribution is 2.35. The molecule has 0 spiro atoms. The van der Waals surface area contributed by atoms with Gasteiger partial charge in [-0.15, -0.1) is 0 Å². The number of rotatable bonds is 16. The first-order chi connectivity index (χ1) is 31.7. The summed E-state index contributed by atoms with van der Waals surface area (Å²) < 4.78 is 61.6. The van der Waals surface area contributed by atoms with Gasteiger partial charge in [0, 0.05) is 0 Å². The van der Waals surface area contributed by atoms with Crippen molar-refractivity contribution in [3.05, 3.63) is 0 Å². The zero-order chi connectivity index (χ0) is 49.3. The van der Waals surface area contributed by atoms with Gasteiger partial charge >= 0.3 is 0 Å². The summed E-state index contributed by atoms with van der Waals surface area (Å²) in [6.07, 6.45) is -58.0. The zero-order valence-electron chi connectivity index (χ0n) is 35.0. The second-order valence-corrected chi connectivity index (χ2v) is 16.8. The quantitative estimate of drug-likeness (QED) is 0.0683. The van der Waals surface area contributed by atoms with E-state index in [0.29, 0.717) is 0 Å². The molecule has 0 aromatic heterocycles. The lowest BCUT2D eigenvalue weighted by molar-refractivity contribution is -0.394. The van der Waals surface area contributed by atoms with Gasteiger partial charge in [-0.05, 0) is 0 Å². The van der Waals surface area contributed by atoms with Crippen molar-refractivity contribution in [2.24, 2.45) is 0 Å². The van der Waals surface area contributed by atoms with E-state index in [-0.39, 0.29) is 0 Å². The van der Waals surface area contributed by atoms with Crippen LogP contribution in [0.1, 0.15) is 0 Å². The lowest BCUT2D eigenvalue weighted by atomic mass is 9.96. The molecule has 6 rings (SSSR count). The van der Waals surface area contributed by atoms with Gasteiger partial charge in [0.15, 0.2) is 37.7 Å². The third kappa shape index (κ3) is 11.5. The molecule has 31 nitrogen and oxygen atoms in total. The Morgan fingerprint density at radius 1 is 0.254 bits per heavy atom. The first kappa shape index (κ1) is 55.1. The molecule has 6 saturated heterocycles. The van der Waals surface area contributed by atoms with Gasteiger partial charge in [0.2, 0.25) is 0 Å². The highest BCUT2D eigenvalue weighted by Gasteiger charge is 2.56. The predicted octanol–water partition coefficient (Wildman–Crippen LogP) is -14.1. The Kier molecular flexibility index (Phi) is 19.4. The number of aliphatic hydroxyl groups is 20. The van der Waals surface area contributed by atoms with Crippen LogP contribution in [-0.2, 0) is 52.1 Å². The number of hydrogen-bond acceptors (Lipinski definition) is 31. The smallest absolute Gasteiger partial charge is 0.187 e. The van der Waals surface area contributed by atoms with Crippen LogP contribution in [0.5, 0.6) is 0 Å². The zero-order valence-corrected chi connectivity index (χ0v) is 35.0. The first-order valence-corrected chi connectivity index (χ1v) is 21.1. The fourth-order valence-electron chi connectivity index (χ4n) is 8.26. The topological polar surface area (TPSA) is 506 Å². The van der Waals surface area contributed by atoms with Gasteiger partial charge < -0.3 is 154 Å². The predicted molar refractivity (Wildman–Crippen MR) is 199 cm³/mol. The van der Waals surface area contributed by atoms with Crippen LogP contribution in [0.4, 0.5) is 0 Å². The summed E-state index contributed by atoms with van der Waals surface area (Å²) in [5, 5.41) is 210. The van der Waals surface area contributed by atoms with Gasteiger partial charge in [0.1, 0.15) is 146 Å². The average molecular weight is 991 g/mol. The normalized spacial score (nSPS) is 53.4. The van der Waals surface area contributed by atoms with Crippen molar-refractivity contribution >= 4 is 0 Å². The fourth-order valence-corrected chi connectivity index (χ4v) is 8.26. The van der Waals surface area contributed by atoms with Gasteiger partial charge in [-0.3, -0.25) is 0 Å². The molecule has 67 heavy (non-hydrogen) atoms. The second kappa shape index (κ2) is 23.5. The molecule has 6 aliphatic heterocycles. The summed E-state index contributed by atoms with van der Waals surface area (Å²) in [6.45, 7) is -5.54. The molecule has 20 N–H and O–H groups in total. The lowest BCUT2D eigenvalue weighted by Crippen LogP contribution is -2.67. The summed E-state index contributed by atoms with van der Waals surface area (Å²) in [5.74, 6) is 0. The van der Waals surface area contributed by atoms with E-state index in [9.17, 15) is 102 Å². The molecule has 0 radical (unpaired) electrons. The molecular weight excluding hydrogens is 928 g/mol. The maximum atomic E-state index is 11.8. The van der Waals surface area contributed by atoms with Crippen LogP contribution in [0.25, 0.3) is 0 Å². The Morgan fingerprint density at radius 2 is 0.582 bits per heavy atom. The largest absolute Gasteiger partial charge is 0.394 e. The van der Waals surface area contributed by atoms with Crippen molar-refractivity contribution < 1.29 is 154 Å². The standard InChI is InChI=1S/C36H62O31/c37-1-7-13(41)20(48)25(53)33(60-7)66-29-22(50)15(43)9(3-39)62-35(29)58-6-12-18(46)28(27(55)32(64-12)57-5-11-17(45)19(47)24(52)31(56)59-11)65-36-30(23(51)16(44)10(4-40)63-36)67-34-26(54)21(49)14(42)8(2-38)61-34/h7-56H,1-6H2/t7-,8-,9-,10-,11-,12-,13-,14-,15-,16-,17-,18-,19+,20+,21+,22+,23+,24+,25+,26+,27+,28+,29+,30+,31?,32+,33-,34-,35+,36-/m1/s1. The van der Waals surface area contributed by atoms with Gasteiger partial charge in [-0.1, -0.05) is 0 Å². The van der Waals surface area contributed by atoms with Crippen molar-refractivity contribution in [2.75, 3.05) is 39.6 Å². The van der Waals surface area contributed by atoms with Gasteiger partial charge in [-0.2, -0.15) is 0 Å². The maximum Gasteiger partial charge on any atom is 0.187 e. The van der Waals surface area contributed by atoms with Crippen LogP contribution in [0.3, 0.4) is 0 Å². The maximum absolute atomic E-state index is 11.8. The minimum atomic E-state index is -2.20. The molecular formula is C36H62O31. The Hall–Kier alpha value is -1.24. The van der Waals surface area contributed by atoms with E-state index in [0.717, 1.165) is 0 Å². The van der Waals surface area contributed by atoms with E-state index in [1.165, 1.54) is 0 Å². The van der Waals surface area contributed by atoms with Crippen molar-refractivity contribution in [3.8, 4) is 0 Å². The Morgan fingerprint density at radius 3 is 1.04 bits per heavy atom. The minimum absolute atomic E-state index is 0.858. The number of aliphatic hydroxyl groups excluding tert-OH is 20. The summed E-state index contributed by atoms with van der Waals surface area (Å²) in [7, 11) is 0. The third-order valence-electron chi connectivity index (χ3n) is 12.4. The highest BCUT2D eigenvalue weighted by molar-refractivity contribution is 4.99. The van der Waals surface area contributed by atoms with Crippen molar-refractivity contribution in [3.63, 3.8) is 0 Å². The van der Waals surface area contributed by atoms with E-state index >= 15 is 0 Å². The molecule has 6 heterocycles. The number of hydrogen-bond donors (Lipinski definition) is 20. The Balaban J connectivity index is 1.27. The van der Waals surface area contributed by atoms with E-state index in [1.54, 1.807) is 0 Å². The molecule has 30 atom stereocenters. The van der Waals surface area contributed by atoms with Crippen LogP contribution in [0, 0.1) is 0 Å². The van der Waals surface area contributed by atoms with Crippen molar-refractivity contribution in [1.29, 1.82) is 0 Å². The fraction of sp³-hybridized carbons (Fsp3) is 1.00. The Bertz CT molecular complexity index is 1510. The third-order valence-corrected chi connectivity index (χ3v) is 12.4. The van der Waals surface area contributed by atoms with E-state index in [4.69, 9.17) is 52.1 Å². The van der Waals surface area contributed by atoms with E-state index < -0.39 is 224 Å². The molecule has 0 aromatic carbocycles. The summed E-state index contributed by atoms with van der Waals surface area (Å²) in [5.41, 5.74) is 0. The van der Waals surface area contributed by atoms with Gasteiger partial charge in [0.25, 0.3) is 0 Å². The van der Waals surface area contributed by atoms with Crippen LogP contribution in [0.2, 0.25) is 0 Å². The van der Waals surface area contributed by atoms with E-state index in [2.05, 4.69) is 0 Å². The Labute approximate surface area is 378 Å². The molecule has 0 aliphatic carbocycles. The summed E-state index contributed by atoms with van der Waals surface area (Å²) >= 11 is 0. The van der Waals surface area contributed by atoms with Crippen molar-refractivity contribution in [1.82, 2.24) is 0 Å². The van der Waals surface area contributed by atoms with E-state index in [1.807, 2.05) is 0 Å². The molecule has 392 valence electrons. The first-order valence-electron chi connectivity index (χ1n) is 21.1. The number of ether oxygens (including phenoxy) is 11.